The van der Waals surface area contributed by atoms with E-state index in [1.54, 1.807) is 6.20 Å². The van der Waals surface area contributed by atoms with Gasteiger partial charge in [-0.05, 0) is 42.7 Å². The Morgan fingerprint density at radius 2 is 1.90 bits per heavy atom. The first-order valence-electron chi connectivity index (χ1n) is 6.73. The van der Waals surface area contributed by atoms with Crippen LogP contribution in [0.25, 0.3) is 0 Å². The molecule has 0 radical (unpaired) electrons. The highest BCUT2D eigenvalue weighted by Gasteiger charge is 2.01. The van der Waals surface area contributed by atoms with E-state index in [2.05, 4.69) is 34.4 Å². The van der Waals surface area contributed by atoms with Crippen molar-refractivity contribution in [2.45, 2.75) is 20.3 Å². The van der Waals surface area contributed by atoms with Crippen molar-refractivity contribution in [3.05, 3.63) is 41.6 Å². The maximum absolute atomic E-state index is 5.85. The molecule has 0 aliphatic carbocycles. The van der Waals surface area contributed by atoms with E-state index in [-0.39, 0.29) is 0 Å². The fraction of sp³-hybridized carbons (Fsp3) is 0.333. The molecule has 5 heteroatoms. The molecule has 20 heavy (non-hydrogen) atoms. The maximum Gasteiger partial charge on any atom is 0.229 e. The SMILES string of the molecule is CC(C)CCNc1ccnc(Nc2ccc(Cl)cc2)n1. The van der Waals surface area contributed by atoms with Crippen molar-refractivity contribution < 1.29 is 0 Å². The van der Waals surface area contributed by atoms with Gasteiger partial charge in [0.25, 0.3) is 0 Å². The minimum absolute atomic E-state index is 0.571. The number of anilines is 3. The molecule has 1 heterocycles. The summed E-state index contributed by atoms with van der Waals surface area (Å²) < 4.78 is 0. The molecule has 2 rings (SSSR count). The van der Waals surface area contributed by atoms with Gasteiger partial charge >= 0.3 is 0 Å². The predicted octanol–water partition coefficient (Wildman–Crippen LogP) is 4.33. The third-order valence-corrected chi connectivity index (χ3v) is 3.04. The third-order valence-electron chi connectivity index (χ3n) is 2.78. The average molecular weight is 291 g/mol. The van der Waals surface area contributed by atoms with E-state index < -0.39 is 0 Å². The van der Waals surface area contributed by atoms with E-state index in [1.807, 2.05) is 30.3 Å². The topological polar surface area (TPSA) is 49.8 Å². The Kier molecular flexibility index (Phi) is 5.18. The van der Waals surface area contributed by atoms with Crippen LogP contribution in [0.4, 0.5) is 17.5 Å². The number of aromatic nitrogens is 2. The minimum Gasteiger partial charge on any atom is -0.370 e. The molecule has 1 aromatic heterocycles. The molecule has 0 bridgehead atoms. The molecule has 0 aliphatic rings. The van der Waals surface area contributed by atoms with Crippen LogP contribution in [0.2, 0.25) is 5.02 Å². The summed E-state index contributed by atoms with van der Waals surface area (Å²) in [6, 6.07) is 9.31. The van der Waals surface area contributed by atoms with Crippen LogP contribution in [0.1, 0.15) is 20.3 Å². The average Bonchev–Trinajstić information content (AvgIpc) is 2.41. The van der Waals surface area contributed by atoms with Gasteiger partial charge in [0.2, 0.25) is 5.95 Å². The van der Waals surface area contributed by atoms with E-state index in [0.717, 1.165) is 24.5 Å². The fourth-order valence-corrected chi connectivity index (χ4v) is 1.79. The Hall–Kier alpha value is -1.81. The van der Waals surface area contributed by atoms with Gasteiger partial charge in [-0.15, -0.1) is 0 Å². The highest BCUT2D eigenvalue weighted by Crippen LogP contribution is 2.17. The van der Waals surface area contributed by atoms with Gasteiger partial charge in [0.15, 0.2) is 0 Å². The lowest BCUT2D eigenvalue weighted by atomic mass is 10.1. The van der Waals surface area contributed by atoms with E-state index in [0.29, 0.717) is 16.9 Å². The molecule has 2 aromatic rings. The van der Waals surface area contributed by atoms with Crippen LogP contribution in [0.3, 0.4) is 0 Å². The Bertz CT molecular complexity index is 540. The molecule has 0 saturated heterocycles. The summed E-state index contributed by atoms with van der Waals surface area (Å²) in [6.45, 7) is 5.32. The lowest BCUT2D eigenvalue weighted by Crippen LogP contribution is -2.07. The molecular weight excluding hydrogens is 272 g/mol. The standard InChI is InChI=1S/C15H19ClN4/c1-11(2)7-9-17-14-8-10-18-15(20-14)19-13-5-3-12(16)4-6-13/h3-6,8,10-11H,7,9H2,1-2H3,(H2,17,18,19,20). The number of nitrogens with zero attached hydrogens (tertiary/aromatic N) is 2. The zero-order chi connectivity index (χ0) is 14.4. The second-order valence-electron chi connectivity index (χ2n) is 5.01. The van der Waals surface area contributed by atoms with Crippen molar-refractivity contribution in [1.82, 2.24) is 9.97 Å². The Labute approximate surface area is 124 Å². The van der Waals surface area contributed by atoms with Gasteiger partial charge in [-0.3, -0.25) is 0 Å². The molecule has 0 aliphatic heterocycles. The number of hydrogen-bond donors (Lipinski definition) is 2. The molecule has 0 fully saturated rings. The van der Waals surface area contributed by atoms with Crippen LogP contribution >= 0.6 is 11.6 Å². The summed E-state index contributed by atoms with van der Waals surface area (Å²) in [7, 11) is 0. The van der Waals surface area contributed by atoms with Gasteiger partial charge in [-0.25, -0.2) is 4.98 Å². The Balaban J connectivity index is 1.96. The summed E-state index contributed by atoms with van der Waals surface area (Å²) >= 11 is 5.85. The van der Waals surface area contributed by atoms with Crippen LogP contribution < -0.4 is 10.6 Å². The number of halogens is 1. The number of nitrogens with one attached hydrogen (secondary N) is 2. The van der Waals surface area contributed by atoms with Crippen LogP contribution in [0.5, 0.6) is 0 Å². The van der Waals surface area contributed by atoms with Crippen molar-refractivity contribution in [1.29, 1.82) is 0 Å². The number of rotatable bonds is 6. The quantitative estimate of drug-likeness (QED) is 0.831. The number of benzene rings is 1. The van der Waals surface area contributed by atoms with Crippen LogP contribution in [-0.4, -0.2) is 16.5 Å². The van der Waals surface area contributed by atoms with Crippen molar-refractivity contribution in [3.8, 4) is 0 Å². The Morgan fingerprint density at radius 3 is 2.60 bits per heavy atom. The third kappa shape index (κ3) is 4.70. The van der Waals surface area contributed by atoms with E-state index in [1.165, 1.54) is 0 Å². The van der Waals surface area contributed by atoms with E-state index in [4.69, 9.17) is 11.6 Å². The van der Waals surface area contributed by atoms with Crippen molar-refractivity contribution in [2.24, 2.45) is 5.92 Å². The minimum atomic E-state index is 0.571. The molecule has 0 saturated carbocycles. The smallest absolute Gasteiger partial charge is 0.229 e. The van der Waals surface area contributed by atoms with Crippen LogP contribution in [0, 0.1) is 5.92 Å². The Morgan fingerprint density at radius 1 is 1.15 bits per heavy atom. The molecule has 2 N–H and O–H groups in total. The second-order valence-corrected chi connectivity index (χ2v) is 5.44. The van der Waals surface area contributed by atoms with Gasteiger partial charge in [0.1, 0.15) is 5.82 Å². The maximum atomic E-state index is 5.85. The summed E-state index contributed by atoms with van der Waals surface area (Å²) in [5, 5.41) is 7.16. The molecule has 0 unspecified atom stereocenters. The predicted molar refractivity (Wildman–Crippen MR) is 84.7 cm³/mol. The fourth-order valence-electron chi connectivity index (χ4n) is 1.67. The second kappa shape index (κ2) is 7.10. The molecule has 106 valence electrons. The van der Waals surface area contributed by atoms with Crippen molar-refractivity contribution in [3.63, 3.8) is 0 Å². The molecule has 4 nitrogen and oxygen atoms in total. The van der Waals surface area contributed by atoms with Gasteiger partial charge in [-0.2, -0.15) is 4.98 Å². The zero-order valence-corrected chi connectivity index (χ0v) is 12.5. The first-order chi connectivity index (χ1) is 9.63. The van der Waals surface area contributed by atoms with Crippen molar-refractivity contribution >= 4 is 29.1 Å². The zero-order valence-electron chi connectivity index (χ0n) is 11.7. The van der Waals surface area contributed by atoms with Gasteiger partial charge in [0, 0.05) is 23.5 Å². The first-order valence-corrected chi connectivity index (χ1v) is 7.11. The largest absolute Gasteiger partial charge is 0.370 e. The van der Waals surface area contributed by atoms with E-state index in [9.17, 15) is 0 Å². The molecular formula is C15H19ClN4. The summed E-state index contributed by atoms with van der Waals surface area (Å²) in [5.74, 6) is 2.08. The van der Waals surface area contributed by atoms with Crippen molar-refractivity contribution in [2.75, 3.05) is 17.2 Å². The highest BCUT2D eigenvalue weighted by molar-refractivity contribution is 6.30. The molecule has 0 spiro atoms. The molecule has 1 aromatic carbocycles. The van der Waals surface area contributed by atoms with E-state index >= 15 is 0 Å². The van der Waals surface area contributed by atoms with Crippen LogP contribution in [0.15, 0.2) is 36.5 Å². The van der Waals surface area contributed by atoms with Crippen LogP contribution in [-0.2, 0) is 0 Å². The molecule has 0 amide bonds. The summed E-state index contributed by atoms with van der Waals surface area (Å²) in [5.41, 5.74) is 0.911. The first kappa shape index (κ1) is 14.6. The monoisotopic (exact) mass is 290 g/mol. The lowest BCUT2D eigenvalue weighted by molar-refractivity contribution is 0.606. The lowest BCUT2D eigenvalue weighted by Gasteiger charge is -2.09. The van der Waals surface area contributed by atoms with Gasteiger partial charge < -0.3 is 10.6 Å². The van der Waals surface area contributed by atoms with Gasteiger partial charge in [-0.1, -0.05) is 25.4 Å². The van der Waals surface area contributed by atoms with Gasteiger partial charge in [0.05, 0.1) is 0 Å². The summed E-state index contributed by atoms with van der Waals surface area (Å²) in [4.78, 5) is 8.63. The number of hydrogen-bond acceptors (Lipinski definition) is 4. The normalized spacial score (nSPS) is 10.6. The highest BCUT2D eigenvalue weighted by atomic mass is 35.5. The molecule has 0 atom stereocenters. The summed E-state index contributed by atoms with van der Waals surface area (Å²) in [6.07, 6.45) is 2.85.